The van der Waals surface area contributed by atoms with Crippen LogP contribution in [0.4, 0.5) is 0 Å². The van der Waals surface area contributed by atoms with Gasteiger partial charge in [0.2, 0.25) is 12.7 Å². The minimum atomic E-state index is 0.167. The van der Waals surface area contributed by atoms with E-state index in [9.17, 15) is 4.79 Å². The SMILES string of the molecule is CN=C(NCCc1ccc2c(c1)OCO2)NCCN1CCN(C(C)=O)CC1. The number of carbonyl (C=O) groups excluding carboxylic acids is 1. The van der Waals surface area contributed by atoms with Crippen molar-refractivity contribution in [2.45, 2.75) is 13.3 Å². The van der Waals surface area contributed by atoms with Crippen molar-refractivity contribution in [2.24, 2.45) is 4.99 Å². The Balaban J connectivity index is 1.32. The zero-order valence-electron chi connectivity index (χ0n) is 16.2. The average Bonchev–Trinajstić information content (AvgIpc) is 3.15. The van der Waals surface area contributed by atoms with Gasteiger partial charge >= 0.3 is 0 Å². The molecule has 1 aromatic rings. The number of aliphatic imine (C=N–C) groups is 1. The van der Waals surface area contributed by atoms with Gasteiger partial charge < -0.3 is 25.0 Å². The monoisotopic (exact) mass is 375 g/mol. The van der Waals surface area contributed by atoms with E-state index in [1.165, 1.54) is 5.56 Å². The highest BCUT2D eigenvalue weighted by Crippen LogP contribution is 2.32. The molecule has 0 unspecified atom stereocenters. The van der Waals surface area contributed by atoms with Crippen LogP contribution >= 0.6 is 0 Å². The molecule has 1 saturated heterocycles. The van der Waals surface area contributed by atoms with Crippen LogP contribution in [0.15, 0.2) is 23.2 Å². The second-order valence-electron chi connectivity index (χ2n) is 6.71. The highest BCUT2D eigenvalue weighted by molar-refractivity contribution is 5.79. The molecule has 2 aliphatic rings. The molecule has 1 amide bonds. The molecule has 148 valence electrons. The maximum absolute atomic E-state index is 11.4. The van der Waals surface area contributed by atoms with Gasteiger partial charge in [-0.25, -0.2) is 0 Å². The third-order valence-electron chi connectivity index (χ3n) is 4.90. The van der Waals surface area contributed by atoms with Gasteiger partial charge in [-0.15, -0.1) is 0 Å². The number of ether oxygens (including phenoxy) is 2. The molecular formula is C19H29N5O3. The summed E-state index contributed by atoms with van der Waals surface area (Å²) in [6.07, 6.45) is 0.879. The van der Waals surface area contributed by atoms with Crippen molar-refractivity contribution < 1.29 is 14.3 Å². The van der Waals surface area contributed by atoms with Gasteiger partial charge in [0.15, 0.2) is 17.5 Å². The summed E-state index contributed by atoms with van der Waals surface area (Å²) in [5.74, 6) is 2.60. The van der Waals surface area contributed by atoms with Gasteiger partial charge in [-0.2, -0.15) is 0 Å². The fourth-order valence-corrected chi connectivity index (χ4v) is 3.26. The number of amides is 1. The van der Waals surface area contributed by atoms with Gasteiger partial charge in [-0.3, -0.25) is 14.7 Å². The van der Waals surface area contributed by atoms with Crippen LogP contribution in [0.2, 0.25) is 0 Å². The first kappa shape index (κ1) is 19.3. The van der Waals surface area contributed by atoms with E-state index >= 15 is 0 Å². The molecule has 2 N–H and O–H groups in total. The Kier molecular flexibility index (Phi) is 6.75. The summed E-state index contributed by atoms with van der Waals surface area (Å²) in [4.78, 5) is 19.9. The van der Waals surface area contributed by atoms with Gasteiger partial charge in [0, 0.05) is 59.8 Å². The largest absolute Gasteiger partial charge is 0.454 e. The molecule has 2 aliphatic heterocycles. The molecular weight excluding hydrogens is 346 g/mol. The Morgan fingerprint density at radius 3 is 2.59 bits per heavy atom. The summed E-state index contributed by atoms with van der Waals surface area (Å²) < 4.78 is 10.7. The number of fused-ring (bicyclic) bond motifs is 1. The second kappa shape index (κ2) is 9.45. The number of hydrogen-bond acceptors (Lipinski definition) is 5. The van der Waals surface area contributed by atoms with Crippen LogP contribution < -0.4 is 20.1 Å². The first-order valence-electron chi connectivity index (χ1n) is 9.46. The molecule has 0 aromatic heterocycles. The van der Waals surface area contributed by atoms with Crippen LogP contribution in [0.5, 0.6) is 11.5 Å². The Morgan fingerprint density at radius 2 is 1.85 bits per heavy atom. The molecule has 1 aromatic carbocycles. The van der Waals surface area contributed by atoms with E-state index in [-0.39, 0.29) is 5.91 Å². The van der Waals surface area contributed by atoms with Crippen molar-refractivity contribution in [2.75, 3.05) is 59.7 Å². The number of guanidine groups is 1. The zero-order chi connectivity index (χ0) is 19.1. The summed E-state index contributed by atoms with van der Waals surface area (Å²) in [5, 5.41) is 6.69. The number of benzene rings is 1. The zero-order valence-corrected chi connectivity index (χ0v) is 16.2. The number of piperazine rings is 1. The standard InChI is InChI=1S/C19H29N5O3/c1-15(25)24-11-9-23(10-12-24)8-7-22-19(20-2)21-6-5-16-3-4-17-18(13-16)27-14-26-17/h3-4,13H,5-12,14H2,1-2H3,(H2,20,21,22). The summed E-state index contributed by atoms with van der Waals surface area (Å²) in [6, 6.07) is 6.05. The van der Waals surface area contributed by atoms with E-state index in [2.05, 4.69) is 26.6 Å². The van der Waals surface area contributed by atoms with Crippen LogP contribution in [-0.4, -0.2) is 81.3 Å². The Bertz CT molecular complexity index is 671. The third kappa shape index (κ3) is 5.50. The minimum absolute atomic E-state index is 0.167. The fourth-order valence-electron chi connectivity index (χ4n) is 3.26. The van der Waals surface area contributed by atoms with Crippen LogP contribution in [0.25, 0.3) is 0 Å². The van der Waals surface area contributed by atoms with Crippen molar-refractivity contribution in [3.05, 3.63) is 23.8 Å². The topological polar surface area (TPSA) is 78.4 Å². The minimum Gasteiger partial charge on any atom is -0.454 e. The fraction of sp³-hybridized carbons (Fsp3) is 0.579. The summed E-state index contributed by atoms with van der Waals surface area (Å²) in [6.45, 7) is 7.98. The molecule has 27 heavy (non-hydrogen) atoms. The van der Waals surface area contributed by atoms with E-state index in [0.717, 1.165) is 69.7 Å². The first-order valence-corrected chi connectivity index (χ1v) is 9.46. The molecule has 1 fully saturated rings. The van der Waals surface area contributed by atoms with Crippen LogP contribution in [0.3, 0.4) is 0 Å². The predicted molar refractivity (Wildman–Crippen MR) is 104 cm³/mol. The van der Waals surface area contributed by atoms with E-state index in [0.29, 0.717) is 6.79 Å². The number of hydrogen-bond donors (Lipinski definition) is 2. The number of rotatable bonds is 6. The highest BCUT2D eigenvalue weighted by atomic mass is 16.7. The van der Waals surface area contributed by atoms with Crippen molar-refractivity contribution >= 4 is 11.9 Å². The lowest BCUT2D eigenvalue weighted by Crippen LogP contribution is -2.50. The molecule has 0 saturated carbocycles. The average molecular weight is 375 g/mol. The van der Waals surface area contributed by atoms with Crippen LogP contribution in [0, 0.1) is 0 Å². The molecule has 8 heteroatoms. The smallest absolute Gasteiger partial charge is 0.231 e. The maximum Gasteiger partial charge on any atom is 0.231 e. The van der Waals surface area contributed by atoms with E-state index < -0.39 is 0 Å². The van der Waals surface area contributed by atoms with Gasteiger partial charge in [-0.1, -0.05) is 6.07 Å². The lowest BCUT2D eigenvalue weighted by molar-refractivity contribution is -0.130. The highest BCUT2D eigenvalue weighted by Gasteiger charge is 2.18. The normalized spacial score (nSPS) is 17.1. The van der Waals surface area contributed by atoms with Gasteiger partial charge in [0.25, 0.3) is 0 Å². The van der Waals surface area contributed by atoms with E-state index in [1.54, 1.807) is 14.0 Å². The molecule has 0 atom stereocenters. The van der Waals surface area contributed by atoms with Crippen molar-refractivity contribution in [3.63, 3.8) is 0 Å². The Hall–Kier alpha value is -2.48. The van der Waals surface area contributed by atoms with E-state index in [1.807, 2.05) is 17.0 Å². The van der Waals surface area contributed by atoms with Gasteiger partial charge in [0.05, 0.1) is 0 Å². The summed E-state index contributed by atoms with van der Waals surface area (Å²) in [7, 11) is 1.78. The Labute approximate surface area is 160 Å². The Morgan fingerprint density at radius 1 is 1.11 bits per heavy atom. The summed E-state index contributed by atoms with van der Waals surface area (Å²) in [5.41, 5.74) is 1.20. The lowest BCUT2D eigenvalue weighted by atomic mass is 10.1. The van der Waals surface area contributed by atoms with Crippen molar-refractivity contribution in [3.8, 4) is 11.5 Å². The molecule has 0 aliphatic carbocycles. The molecule has 0 spiro atoms. The number of nitrogens with zero attached hydrogens (tertiary/aromatic N) is 3. The predicted octanol–water partition coefficient (Wildman–Crippen LogP) is 0.287. The second-order valence-corrected chi connectivity index (χ2v) is 6.71. The number of nitrogens with one attached hydrogen (secondary N) is 2. The molecule has 8 nitrogen and oxygen atoms in total. The van der Waals surface area contributed by atoms with Gasteiger partial charge in [-0.05, 0) is 24.1 Å². The molecule has 0 bridgehead atoms. The number of carbonyl (C=O) groups is 1. The van der Waals surface area contributed by atoms with E-state index in [4.69, 9.17) is 9.47 Å². The maximum atomic E-state index is 11.4. The molecule has 3 rings (SSSR count). The van der Waals surface area contributed by atoms with Crippen molar-refractivity contribution in [1.82, 2.24) is 20.4 Å². The van der Waals surface area contributed by atoms with Crippen molar-refractivity contribution in [1.29, 1.82) is 0 Å². The summed E-state index contributed by atoms with van der Waals surface area (Å²) >= 11 is 0. The lowest BCUT2D eigenvalue weighted by Gasteiger charge is -2.34. The quantitative estimate of drug-likeness (QED) is 0.550. The molecule has 0 radical (unpaired) electrons. The molecule has 2 heterocycles. The van der Waals surface area contributed by atoms with Crippen LogP contribution in [0.1, 0.15) is 12.5 Å². The third-order valence-corrected chi connectivity index (χ3v) is 4.90. The van der Waals surface area contributed by atoms with Crippen LogP contribution in [-0.2, 0) is 11.2 Å². The van der Waals surface area contributed by atoms with Gasteiger partial charge in [0.1, 0.15) is 0 Å². The first-order chi connectivity index (χ1) is 13.2.